The zero-order valence-corrected chi connectivity index (χ0v) is 12.5. The summed E-state index contributed by atoms with van der Waals surface area (Å²) in [6, 6.07) is 11.5. The first-order valence-electron chi connectivity index (χ1n) is 7.07. The molecule has 1 aromatic heterocycles. The first kappa shape index (κ1) is 15.0. The van der Waals surface area contributed by atoms with Gasteiger partial charge in [-0.2, -0.15) is 4.39 Å². The molecule has 7 heteroatoms. The van der Waals surface area contributed by atoms with E-state index in [2.05, 4.69) is 15.7 Å². The molecule has 0 bridgehead atoms. The minimum atomic E-state index is -0.686. The number of anilines is 1. The number of nitrogens with two attached hydrogens (primary N) is 1. The van der Waals surface area contributed by atoms with Gasteiger partial charge < -0.3 is 5.73 Å². The minimum Gasteiger partial charge on any atom is -0.351 e. The SMILES string of the molecule is CC1=C(NC(N)=O)N(c2ccccc2)NC1c1cccnc1F. The van der Waals surface area contributed by atoms with Gasteiger partial charge in [0.15, 0.2) is 0 Å². The normalized spacial score (nSPS) is 17.5. The fraction of sp³-hybridized carbons (Fsp3) is 0.125. The first-order chi connectivity index (χ1) is 11.1. The number of hydrogen-bond acceptors (Lipinski definition) is 4. The Hall–Kier alpha value is -2.93. The van der Waals surface area contributed by atoms with Crippen LogP contribution in [0.1, 0.15) is 18.5 Å². The molecule has 2 amide bonds. The van der Waals surface area contributed by atoms with Crippen LogP contribution < -0.4 is 21.5 Å². The third-order valence-electron chi connectivity index (χ3n) is 3.64. The van der Waals surface area contributed by atoms with E-state index in [9.17, 15) is 9.18 Å². The maximum Gasteiger partial charge on any atom is 0.317 e. The lowest BCUT2D eigenvalue weighted by Crippen LogP contribution is -2.41. The number of carbonyl (C=O) groups excluding carboxylic acids is 1. The van der Waals surface area contributed by atoms with Gasteiger partial charge in [0.25, 0.3) is 0 Å². The van der Waals surface area contributed by atoms with E-state index in [1.165, 1.54) is 6.20 Å². The van der Waals surface area contributed by atoms with Gasteiger partial charge in [-0.1, -0.05) is 24.3 Å². The zero-order valence-electron chi connectivity index (χ0n) is 12.5. The number of nitrogens with zero attached hydrogens (tertiary/aromatic N) is 2. The quantitative estimate of drug-likeness (QED) is 0.759. The van der Waals surface area contributed by atoms with Crippen molar-refractivity contribution >= 4 is 11.7 Å². The summed E-state index contributed by atoms with van der Waals surface area (Å²) in [5.74, 6) is -0.0744. The van der Waals surface area contributed by atoms with E-state index < -0.39 is 18.0 Å². The van der Waals surface area contributed by atoms with Crippen molar-refractivity contribution in [1.29, 1.82) is 0 Å². The lowest BCUT2D eigenvalue weighted by Gasteiger charge is -2.23. The van der Waals surface area contributed by atoms with Gasteiger partial charge in [-0.05, 0) is 30.7 Å². The Morgan fingerprint density at radius 2 is 2.04 bits per heavy atom. The summed E-state index contributed by atoms with van der Waals surface area (Å²) in [5, 5.41) is 4.28. The van der Waals surface area contributed by atoms with Gasteiger partial charge >= 0.3 is 6.03 Å². The summed E-state index contributed by atoms with van der Waals surface area (Å²) in [6.07, 6.45) is 1.39. The van der Waals surface area contributed by atoms with Crippen LogP contribution in [0, 0.1) is 5.95 Å². The van der Waals surface area contributed by atoms with Gasteiger partial charge in [0.2, 0.25) is 5.95 Å². The summed E-state index contributed by atoms with van der Waals surface area (Å²) in [4.78, 5) is 15.0. The van der Waals surface area contributed by atoms with E-state index in [4.69, 9.17) is 5.73 Å². The fourth-order valence-electron chi connectivity index (χ4n) is 2.57. The smallest absolute Gasteiger partial charge is 0.317 e. The van der Waals surface area contributed by atoms with Gasteiger partial charge in [-0.15, -0.1) is 0 Å². The molecule has 6 nitrogen and oxygen atoms in total. The van der Waals surface area contributed by atoms with Crippen molar-refractivity contribution in [2.45, 2.75) is 13.0 Å². The number of urea groups is 1. The number of pyridine rings is 1. The number of rotatable bonds is 3. The van der Waals surface area contributed by atoms with Crippen molar-refractivity contribution in [3.63, 3.8) is 0 Å². The zero-order chi connectivity index (χ0) is 16.4. The van der Waals surface area contributed by atoms with Gasteiger partial charge in [-0.25, -0.2) is 15.2 Å². The van der Waals surface area contributed by atoms with Crippen LogP contribution in [0.4, 0.5) is 14.9 Å². The van der Waals surface area contributed by atoms with Crippen molar-refractivity contribution in [3.05, 3.63) is 71.6 Å². The van der Waals surface area contributed by atoms with Crippen LogP contribution in [0.3, 0.4) is 0 Å². The monoisotopic (exact) mass is 313 g/mol. The standard InChI is InChI=1S/C16H16FN5O/c1-10-13(12-8-5-9-19-14(12)17)21-22(15(10)20-16(18)23)11-6-3-2-4-7-11/h2-9,13,21H,1H3,(H3,18,20,23). The van der Waals surface area contributed by atoms with E-state index >= 15 is 0 Å². The number of primary amides is 1. The summed E-state index contributed by atoms with van der Waals surface area (Å²) in [5.41, 5.74) is 10.4. The second-order valence-corrected chi connectivity index (χ2v) is 5.14. The Kier molecular flexibility index (Phi) is 3.94. The van der Waals surface area contributed by atoms with E-state index in [0.717, 1.165) is 11.3 Å². The third kappa shape index (κ3) is 2.86. The summed E-state index contributed by atoms with van der Waals surface area (Å²) in [6.45, 7) is 1.80. The molecule has 118 valence electrons. The van der Waals surface area contributed by atoms with E-state index in [0.29, 0.717) is 11.4 Å². The molecule has 2 heterocycles. The maximum atomic E-state index is 14.0. The van der Waals surface area contributed by atoms with Crippen molar-refractivity contribution in [2.24, 2.45) is 5.73 Å². The molecule has 0 aliphatic carbocycles. The van der Waals surface area contributed by atoms with Crippen molar-refractivity contribution in [2.75, 3.05) is 5.01 Å². The van der Waals surface area contributed by atoms with Gasteiger partial charge in [-0.3, -0.25) is 10.3 Å². The number of nitrogens with one attached hydrogen (secondary N) is 2. The van der Waals surface area contributed by atoms with Gasteiger partial charge in [0.05, 0.1) is 11.7 Å². The summed E-state index contributed by atoms with van der Waals surface area (Å²) >= 11 is 0. The summed E-state index contributed by atoms with van der Waals surface area (Å²) < 4.78 is 14.0. The third-order valence-corrected chi connectivity index (χ3v) is 3.64. The number of benzene rings is 1. The number of halogens is 1. The highest BCUT2D eigenvalue weighted by Gasteiger charge is 2.33. The predicted octanol–water partition coefficient (Wildman–Crippen LogP) is 2.19. The lowest BCUT2D eigenvalue weighted by molar-refractivity contribution is 0.251. The molecule has 4 N–H and O–H groups in total. The first-order valence-corrected chi connectivity index (χ1v) is 7.07. The predicted molar refractivity (Wildman–Crippen MR) is 84.4 cm³/mol. The molecule has 1 unspecified atom stereocenters. The molecule has 0 spiro atoms. The highest BCUT2D eigenvalue weighted by atomic mass is 19.1. The Balaban J connectivity index is 2.03. The van der Waals surface area contributed by atoms with Crippen molar-refractivity contribution < 1.29 is 9.18 Å². The molecule has 0 saturated carbocycles. The Morgan fingerprint density at radius 1 is 1.30 bits per heavy atom. The van der Waals surface area contributed by atoms with E-state index in [1.807, 2.05) is 30.3 Å². The van der Waals surface area contributed by atoms with E-state index in [-0.39, 0.29) is 0 Å². The molecular weight excluding hydrogens is 297 g/mol. The molecule has 2 aromatic rings. The molecular formula is C16H16FN5O. The van der Waals surface area contributed by atoms with Crippen LogP contribution in [-0.4, -0.2) is 11.0 Å². The van der Waals surface area contributed by atoms with Gasteiger partial charge in [0.1, 0.15) is 5.82 Å². The topological polar surface area (TPSA) is 83.3 Å². The van der Waals surface area contributed by atoms with Gasteiger partial charge in [0, 0.05) is 11.8 Å². The van der Waals surface area contributed by atoms with E-state index in [1.54, 1.807) is 24.1 Å². The molecule has 1 atom stereocenters. The van der Waals surface area contributed by atoms with Crippen LogP contribution in [0.5, 0.6) is 0 Å². The second kappa shape index (κ2) is 6.05. The van der Waals surface area contributed by atoms with Crippen LogP contribution in [-0.2, 0) is 0 Å². The highest BCUT2D eigenvalue weighted by molar-refractivity contribution is 5.75. The maximum absolute atomic E-state index is 14.0. The number of carbonyl (C=O) groups is 1. The van der Waals surface area contributed by atoms with Crippen LogP contribution in [0.2, 0.25) is 0 Å². The molecule has 3 rings (SSSR count). The van der Waals surface area contributed by atoms with Crippen molar-refractivity contribution in [1.82, 2.24) is 15.7 Å². The summed E-state index contributed by atoms with van der Waals surface area (Å²) in [7, 11) is 0. The fourth-order valence-corrected chi connectivity index (χ4v) is 2.57. The molecule has 0 saturated heterocycles. The Morgan fingerprint density at radius 3 is 2.70 bits per heavy atom. The van der Waals surface area contributed by atoms with Crippen LogP contribution in [0.15, 0.2) is 60.1 Å². The Bertz CT molecular complexity index is 762. The number of para-hydroxylation sites is 1. The number of aromatic nitrogens is 1. The highest BCUT2D eigenvalue weighted by Crippen LogP contribution is 2.34. The van der Waals surface area contributed by atoms with Crippen LogP contribution in [0.25, 0.3) is 0 Å². The largest absolute Gasteiger partial charge is 0.351 e. The number of hydrazine groups is 1. The molecule has 1 aromatic carbocycles. The minimum absolute atomic E-state index is 0.396. The molecule has 1 aliphatic heterocycles. The van der Waals surface area contributed by atoms with Crippen LogP contribution >= 0.6 is 0 Å². The Labute approximate surface area is 132 Å². The van der Waals surface area contributed by atoms with Crippen molar-refractivity contribution in [3.8, 4) is 0 Å². The molecule has 0 radical (unpaired) electrons. The molecule has 0 fully saturated rings. The molecule has 23 heavy (non-hydrogen) atoms. The second-order valence-electron chi connectivity index (χ2n) is 5.14. The number of amides is 2. The average molecular weight is 313 g/mol. The lowest BCUT2D eigenvalue weighted by atomic mass is 10.0. The number of hydrogen-bond donors (Lipinski definition) is 3. The molecule has 1 aliphatic rings. The average Bonchev–Trinajstić information content (AvgIpc) is 2.85.